The van der Waals surface area contributed by atoms with Gasteiger partial charge < -0.3 is 4.90 Å². The summed E-state index contributed by atoms with van der Waals surface area (Å²) in [5.74, 6) is 1.12. The average molecular weight is 303 g/mol. The van der Waals surface area contributed by atoms with Crippen LogP contribution in [0.25, 0.3) is 0 Å². The molecule has 0 bridgehead atoms. The highest BCUT2D eigenvalue weighted by Gasteiger charge is 2.26. The number of nitro benzene ring substituents is 1. The number of hydrogen-bond donors (Lipinski definition) is 0. The molecule has 1 aromatic carbocycles. The van der Waals surface area contributed by atoms with Crippen molar-refractivity contribution in [2.24, 2.45) is 11.8 Å². The van der Waals surface area contributed by atoms with Crippen molar-refractivity contribution in [2.75, 3.05) is 18.0 Å². The summed E-state index contributed by atoms with van der Waals surface area (Å²) in [5.41, 5.74) is 0.643. The van der Waals surface area contributed by atoms with Crippen LogP contribution in [0.4, 0.5) is 11.4 Å². The zero-order chi connectivity index (χ0) is 14.2. The van der Waals surface area contributed by atoms with E-state index in [4.69, 9.17) is 23.2 Å². The molecule has 1 saturated heterocycles. The number of halogens is 2. The Labute approximate surface area is 122 Å². The highest BCUT2D eigenvalue weighted by Crippen LogP contribution is 2.39. The molecule has 0 aromatic heterocycles. The van der Waals surface area contributed by atoms with E-state index >= 15 is 0 Å². The van der Waals surface area contributed by atoms with Crippen LogP contribution in [0.5, 0.6) is 0 Å². The summed E-state index contributed by atoms with van der Waals surface area (Å²) in [6.45, 7) is 6.13. The van der Waals surface area contributed by atoms with E-state index in [0.717, 1.165) is 13.1 Å². The first kappa shape index (κ1) is 14.4. The monoisotopic (exact) mass is 302 g/mol. The van der Waals surface area contributed by atoms with Gasteiger partial charge in [0.25, 0.3) is 5.69 Å². The van der Waals surface area contributed by atoms with Crippen LogP contribution in [0.3, 0.4) is 0 Å². The number of nitro groups is 1. The van der Waals surface area contributed by atoms with Gasteiger partial charge in [-0.1, -0.05) is 37.0 Å². The standard InChI is InChI=1S/C13H16Cl2N2O2/c1-8-3-9(2)7-16(6-8)13-11(14)4-10(17(18)19)5-12(13)15/h4-5,8-9H,3,6-7H2,1-2H3/t8-,9-/m0/s1. The molecule has 1 heterocycles. The molecule has 6 heteroatoms. The molecule has 0 amide bonds. The Balaban J connectivity index is 2.37. The maximum Gasteiger partial charge on any atom is 0.272 e. The number of anilines is 1. The normalized spacial score (nSPS) is 23.5. The third-order valence-electron chi connectivity index (χ3n) is 3.40. The van der Waals surface area contributed by atoms with Gasteiger partial charge in [-0.15, -0.1) is 0 Å². The van der Waals surface area contributed by atoms with E-state index in [2.05, 4.69) is 18.7 Å². The summed E-state index contributed by atoms with van der Waals surface area (Å²) in [6, 6.07) is 2.74. The topological polar surface area (TPSA) is 46.4 Å². The summed E-state index contributed by atoms with van der Waals surface area (Å²) >= 11 is 12.4. The van der Waals surface area contributed by atoms with Crippen LogP contribution >= 0.6 is 23.2 Å². The van der Waals surface area contributed by atoms with Crippen LogP contribution in [0.1, 0.15) is 20.3 Å². The van der Waals surface area contributed by atoms with Gasteiger partial charge in [0.05, 0.1) is 20.7 Å². The van der Waals surface area contributed by atoms with Crippen molar-refractivity contribution in [1.29, 1.82) is 0 Å². The Morgan fingerprint density at radius 1 is 1.21 bits per heavy atom. The van der Waals surface area contributed by atoms with Crippen molar-refractivity contribution in [3.05, 3.63) is 32.3 Å². The summed E-state index contributed by atoms with van der Waals surface area (Å²) in [4.78, 5) is 12.4. The number of piperidine rings is 1. The van der Waals surface area contributed by atoms with E-state index in [9.17, 15) is 10.1 Å². The lowest BCUT2D eigenvalue weighted by atomic mass is 9.91. The molecule has 0 radical (unpaired) electrons. The van der Waals surface area contributed by atoms with Crippen molar-refractivity contribution in [1.82, 2.24) is 0 Å². The minimum absolute atomic E-state index is 0.0724. The zero-order valence-corrected chi connectivity index (χ0v) is 12.4. The van der Waals surface area contributed by atoms with Gasteiger partial charge in [-0.2, -0.15) is 0 Å². The van der Waals surface area contributed by atoms with Gasteiger partial charge in [-0.05, 0) is 18.3 Å². The maximum absolute atomic E-state index is 10.8. The third-order valence-corrected chi connectivity index (χ3v) is 3.97. The largest absolute Gasteiger partial charge is 0.369 e. The maximum atomic E-state index is 10.8. The fourth-order valence-electron chi connectivity index (χ4n) is 2.81. The van der Waals surface area contributed by atoms with Gasteiger partial charge in [0.1, 0.15) is 0 Å². The van der Waals surface area contributed by atoms with Gasteiger partial charge in [0.2, 0.25) is 0 Å². The fourth-order valence-corrected chi connectivity index (χ4v) is 3.52. The Bertz CT molecular complexity index is 474. The van der Waals surface area contributed by atoms with Gasteiger partial charge in [0.15, 0.2) is 0 Å². The third kappa shape index (κ3) is 3.12. The summed E-state index contributed by atoms with van der Waals surface area (Å²) in [7, 11) is 0. The smallest absolute Gasteiger partial charge is 0.272 e. The first-order valence-electron chi connectivity index (χ1n) is 6.27. The molecule has 1 aromatic rings. The lowest BCUT2D eigenvalue weighted by Crippen LogP contribution is -2.39. The van der Waals surface area contributed by atoms with Gasteiger partial charge in [-0.3, -0.25) is 10.1 Å². The van der Waals surface area contributed by atoms with Crippen LogP contribution in [0, 0.1) is 22.0 Å². The predicted octanol–water partition coefficient (Wildman–Crippen LogP) is 4.38. The van der Waals surface area contributed by atoms with Crippen molar-refractivity contribution < 1.29 is 4.92 Å². The average Bonchev–Trinajstić information content (AvgIpc) is 2.26. The second-order valence-corrected chi connectivity index (χ2v) is 6.18. The van der Waals surface area contributed by atoms with E-state index < -0.39 is 4.92 Å². The second-order valence-electron chi connectivity index (χ2n) is 5.37. The fraction of sp³-hybridized carbons (Fsp3) is 0.538. The number of hydrogen-bond acceptors (Lipinski definition) is 3. The van der Waals surface area contributed by atoms with Crippen LogP contribution in [0.2, 0.25) is 10.0 Å². The molecule has 0 N–H and O–H groups in total. The Morgan fingerprint density at radius 3 is 2.11 bits per heavy atom. The minimum atomic E-state index is -0.483. The summed E-state index contributed by atoms with van der Waals surface area (Å²) in [5, 5.41) is 11.5. The van der Waals surface area contributed by atoms with Crippen LogP contribution < -0.4 is 4.90 Å². The van der Waals surface area contributed by atoms with E-state index in [-0.39, 0.29) is 5.69 Å². The Morgan fingerprint density at radius 2 is 1.68 bits per heavy atom. The summed E-state index contributed by atoms with van der Waals surface area (Å²) in [6.07, 6.45) is 1.18. The number of non-ortho nitro benzene ring substituents is 1. The van der Waals surface area contributed by atoms with E-state index in [1.54, 1.807) is 0 Å². The van der Waals surface area contributed by atoms with Gasteiger partial charge in [-0.25, -0.2) is 0 Å². The minimum Gasteiger partial charge on any atom is -0.369 e. The molecular weight excluding hydrogens is 287 g/mol. The molecule has 0 unspecified atom stereocenters. The second kappa shape index (κ2) is 5.55. The van der Waals surface area contributed by atoms with Crippen molar-refractivity contribution in [2.45, 2.75) is 20.3 Å². The molecule has 4 nitrogen and oxygen atoms in total. The molecule has 2 atom stereocenters. The summed E-state index contributed by atoms with van der Waals surface area (Å²) < 4.78 is 0. The van der Waals surface area contributed by atoms with Crippen LogP contribution in [0.15, 0.2) is 12.1 Å². The first-order chi connectivity index (χ1) is 8.88. The van der Waals surface area contributed by atoms with Gasteiger partial charge in [0, 0.05) is 25.2 Å². The molecule has 1 aliphatic heterocycles. The van der Waals surface area contributed by atoms with E-state index in [1.165, 1.54) is 18.6 Å². The van der Waals surface area contributed by atoms with Gasteiger partial charge >= 0.3 is 0 Å². The lowest BCUT2D eigenvalue weighted by Gasteiger charge is -2.37. The molecule has 104 valence electrons. The highest BCUT2D eigenvalue weighted by molar-refractivity contribution is 6.39. The molecule has 2 rings (SSSR count). The molecule has 0 spiro atoms. The molecule has 0 saturated carbocycles. The van der Waals surface area contributed by atoms with E-state index in [1.807, 2.05) is 0 Å². The molecule has 0 aliphatic carbocycles. The predicted molar refractivity (Wildman–Crippen MR) is 78.3 cm³/mol. The lowest BCUT2D eigenvalue weighted by molar-refractivity contribution is -0.384. The van der Waals surface area contributed by atoms with Crippen molar-refractivity contribution >= 4 is 34.6 Å². The SMILES string of the molecule is C[C@H]1C[C@H](C)CN(c2c(Cl)cc([N+](=O)[O-])cc2Cl)C1. The first-order valence-corrected chi connectivity index (χ1v) is 7.02. The number of rotatable bonds is 2. The molecule has 19 heavy (non-hydrogen) atoms. The molecular formula is C13H16Cl2N2O2. The Kier molecular flexibility index (Phi) is 4.21. The van der Waals surface area contributed by atoms with Crippen molar-refractivity contribution in [3.63, 3.8) is 0 Å². The Hall–Kier alpha value is -1.00. The molecule has 1 fully saturated rings. The van der Waals surface area contributed by atoms with Crippen LogP contribution in [-0.2, 0) is 0 Å². The number of benzene rings is 1. The van der Waals surface area contributed by atoms with E-state index in [0.29, 0.717) is 27.6 Å². The quantitative estimate of drug-likeness (QED) is 0.601. The zero-order valence-electron chi connectivity index (χ0n) is 10.9. The van der Waals surface area contributed by atoms with Crippen LogP contribution in [-0.4, -0.2) is 18.0 Å². The van der Waals surface area contributed by atoms with Crippen molar-refractivity contribution in [3.8, 4) is 0 Å². The molecule has 1 aliphatic rings. The highest BCUT2D eigenvalue weighted by atomic mass is 35.5. The number of nitrogens with zero attached hydrogens (tertiary/aromatic N) is 2.